The van der Waals surface area contributed by atoms with E-state index >= 15 is 0 Å². The maximum Gasteiger partial charge on any atom is 0.306 e. The largest absolute Gasteiger partial charge is 0.481 e. The molecule has 1 fully saturated rings. The van der Waals surface area contributed by atoms with Gasteiger partial charge >= 0.3 is 5.97 Å². The van der Waals surface area contributed by atoms with Crippen LogP contribution in [-0.4, -0.2) is 52.7 Å². The average molecular weight is 334 g/mol. The number of carbonyl (C=O) groups is 2. The number of morpholine rings is 1. The van der Waals surface area contributed by atoms with Gasteiger partial charge in [0.05, 0.1) is 30.2 Å². The highest BCUT2D eigenvalue weighted by atomic mass is 19.1. The van der Waals surface area contributed by atoms with Crippen molar-refractivity contribution < 1.29 is 23.8 Å². The van der Waals surface area contributed by atoms with Gasteiger partial charge in [0, 0.05) is 24.5 Å². The number of hydrogen-bond donors (Lipinski definition) is 2. The van der Waals surface area contributed by atoms with E-state index in [2.05, 4.69) is 4.98 Å². The standard InChI is InChI=1S/C16H15FN2O5/c17-9-1-2-11-12(7-14(20)18-13(11)5-9)16(23)19-3-4-24-10(8-19)6-15(21)22/h1-2,5,7,10H,3-4,6,8H2,(H,18,20)(H,21,22)/t10-/m1/s1. The van der Waals surface area contributed by atoms with Crippen LogP contribution in [0.5, 0.6) is 0 Å². The fourth-order valence-electron chi connectivity index (χ4n) is 2.80. The lowest BCUT2D eigenvalue weighted by Gasteiger charge is -2.32. The third-order valence-electron chi connectivity index (χ3n) is 3.86. The second kappa shape index (κ2) is 6.40. The summed E-state index contributed by atoms with van der Waals surface area (Å²) < 4.78 is 18.7. The molecule has 1 amide bonds. The Hall–Kier alpha value is -2.74. The highest BCUT2D eigenvalue weighted by Gasteiger charge is 2.27. The van der Waals surface area contributed by atoms with Gasteiger partial charge in [0.25, 0.3) is 5.91 Å². The molecule has 2 aromatic rings. The normalized spacial score (nSPS) is 17.9. The number of carboxylic acids is 1. The number of carbonyl (C=O) groups excluding carboxylic acids is 1. The molecule has 1 aliphatic rings. The van der Waals surface area contributed by atoms with Crippen molar-refractivity contribution in [3.8, 4) is 0 Å². The Morgan fingerprint density at radius 3 is 2.92 bits per heavy atom. The number of carboxylic acid groups (broad SMARTS) is 1. The quantitative estimate of drug-likeness (QED) is 0.872. The fourth-order valence-corrected chi connectivity index (χ4v) is 2.80. The van der Waals surface area contributed by atoms with Crippen molar-refractivity contribution in [3.05, 3.63) is 46.0 Å². The number of halogens is 1. The number of benzene rings is 1. The maximum atomic E-state index is 13.3. The summed E-state index contributed by atoms with van der Waals surface area (Å²) in [6.45, 7) is 0.643. The van der Waals surface area contributed by atoms with Gasteiger partial charge in [-0.05, 0) is 18.2 Å². The molecule has 1 atom stereocenters. The fraction of sp³-hybridized carbons (Fsp3) is 0.312. The Morgan fingerprint density at radius 2 is 2.17 bits per heavy atom. The molecule has 3 rings (SSSR count). The number of nitrogens with one attached hydrogen (secondary N) is 1. The molecule has 126 valence electrons. The molecule has 0 bridgehead atoms. The molecule has 24 heavy (non-hydrogen) atoms. The Kier molecular flexibility index (Phi) is 4.30. The molecule has 2 N–H and O–H groups in total. The topological polar surface area (TPSA) is 99.7 Å². The molecule has 7 nitrogen and oxygen atoms in total. The van der Waals surface area contributed by atoms with Crippen LogP contribution < -0.4 is 5.56 Å². The van der Waals surface area contributed by atoms with Crippen LogP contribution in [0.3, 0.4) is 0 Å². The molecule has 0 saturated carbocycles. The molecule has 0 spiro atoms. The van der Waals surface area contributed by atoms with Gasteiger partial charge in [-0.1, -0.05) is 0 Å². The van der Waals surface area contributed by atoms with E-state index in [1.165, 1.54) is 23.1 Å². The van der Waals surface area contributed by atoms with Gasteiger partial charge in [-0.2, -0.15) is 0 Å². The van der Waals surface area contributed by atoms with Gasteiger partial charge in [-0.25, -0.2) is 4.39 Å². The predicted molar refractivity (Wildman–Crippen MR) is 82.4 cm³/mol. The summed E-state index contributed by atoms with van der Waals surface area (Å²) in [5.74, 6) is -1.93. The van der Waals surface area contributed by atoms with E-state index in [0.29, 0.717) is 11.9 Å². The minimum Gasteiger partial charge on any atom is -0.481 e. The van der Waals surface area contributed by atoms with E-state index in [1.807, 2.05) is 0 Å². The molecule has 0 unspecified atom stereocenters. The van der Waals surface area contributed by atoms with E-state index in [4.69, 9.17) is 9.84 Å². The Morgan fingerprint density at radius 1 is 1.38 bits per heavy atom. The van der Waals surface area contributed by atoms with Gasteiger partial charge in [0.15, 0.2) is 0 Å². The lowest BCUT2D eigenvalue weighted by Crippen LogP contribution is -2.46. The number of nitrogens with zero attached hydrogens (tertiary/aromatic N) is 1. The van der Waals surface area contributed by atoms with Crippen LogP contribution in [-0.2, 0) is 9.53 Å². The van der Waals surface area contributed by atoms with Gasteiger partial charge in [-0.15, -0.1) is 0 Å². The molecule has 0 radical (unpaired) electrons. The van der Waals surface area contributed by atoms with Crippen LogP contribution in [0.25, 0.3) is 10.9 Å². The predicted octanol–water partition coefficient (Wildman–Crippen LogP) is 0.983. The number of aliphatic carboxylic acids is 1. The number of pyridine rings is 1. The molecule has 8 heteroatoms. The van der Waals surface area contributed by atoms with E-state index in [1.54, 1.807) is 0 Å². The summed E-state index contributed by atoms with van der Waals surface area (Å²) in [5, 5.41) is 9.28. The molecular weight excluding hydrogens is 319 g/mol. The number of fused-ring (bicyclic) bond motifs is 1. The number of aromatic amines is 1. The van der Waals surface area contributed by atoms with Crippen molar-refractivity contribution in [2.45, 2.75) is 12.5 Å². The summed E-state index contributed by atoms with van der Waals surface area (Å²) in [7, 11) is 0. The first kappa shape index (κ1) is 16.1. The van der Waals surface area contributed by atoms with Crippen LogP contribution >= 0.6 is 0 Å². The zero-order valence-electron chi connectivity index (χ0n) is 12.6. The minimum absolute atomic E-state index is 0.126. The number of hydrogen-bond acceptors (Lipinski definition) is 4. The first-order chi connectivity index (χ1) is 11.4. The second-order valence-corrected chi connectivity index (χ2v) is 5.58. The summed E-state index contributed by atoms with van der Waals surface area (Å²) >= 11 is 0. The third-order valence-corrected chi connectivity index (χ3v) is 3.86. The molecule has 0 aliphatic carbocycles. The van der Waals surface area contributed by atoms with Gasteiger partial charge in [0.2, 0.25) is 5.56 Å². The summed E-state index contributed by atoms with van der Waals surface area (Å²) in [5.41, 5.74) is -0.113. The van der Waals surface area contributed by atoms with Crippen molar-refractivity contribution in [3.63, 3.8) is 0 Å². The van der Waals surface area contributed by atoms with Crippen molar-refractivity contribution in [1.82, 2.24) is 9.88 Å². The number of ether oxygens (including phenoxy) is 1. The van der Waals surface area contributed by atoms with E-state index in [0.717, 1.165) is 6.07 Å². The third kappa shape index (κ3) is 3.28. The molecule has 1 saturated heterocycles. The zero-order chi connectivity index (χ0) is 17.3. The number of H-pyrrole nitrogens is 1. The first-order valence-electron chi connectivity index (χ1n) is 7.39. The van der Waals surface area contributed by atoms with Crippen molar-refractivity contribution >= 4 is 22.8 Å². The number of rotatable bonds is 3. The summed E-state index contributed by atoms with van der Waals surface area (Å²) in [6.07, 6.45) is -0.795. The smallest absolute Gasteiger partial charge is 0.306 e. The first-order valence-corrected chi connectivity index (χ1v) is 7.39. The maximum absolute atomic E-state index is 13.3. The van der Waals surface area contributed by atoms with E-state index in [-0.39, 0.29) is 30.7 Å². The van der Waals surface area contributed by atoms with Crippen molar-refractivity contribution in [1.29, 1.82) is 0 Å². The molecule has 1 aromatic carbocycles. The lowest BCUT2D eigenvalue weighted by atomic mass is 10.1. The van der Waals surface area contributed by atoms with E-state index < -0.39 is 29.4 Å². The summed E-state index contributed by atoms with van der Waals surface area (Å²) in [4.78, 5) is 39.3. The van der Waals surface area contributed by atoms with Gasteiger partial charge in [0.1, 0.15) is 5.82 Å². The number of amides is 1. The van der Waals surface area contributed by atoms with Crippen molar-refractivity contribution in [2.24, 2.45) is 0 Å². The van der Waals surface area contributed by atoms with Crippen LogP contribution in [0.2, 0.25) is 0 Å². The SMILES string of the molecule is O=C(O)C[C@@H]1CN(C(=O)c2cc(=O)[nH]c3cc(F)ccc23)CCO1. The highest BCUT2D eigenvalue weighted by Crippen LogP contribution is 2.20. The second-order valence-electron chi connectivity index (χ2n) is 5.58. The van der Waals surface area contributed by atoms with Gasteiger partial charge in [-0.3, -0.25) is 14.4 Å². The Labute approximate surface area is 135 Å². The van der Waals surface area contributed by atoms with Crippen molar-refractivity contribution in [2.75, 3.05) is 19.7 Å². The molecule has 1 aliphatic heterocycles. The Bertz CT molecular complexity index is 863. The van der Waals surface area contributed by atoms with Crippen LogP contribution in [0.15, 0.2) is 29.1 Å². The van der Waals surface area contributed by atoms with E-state index in [9.17, 15) is 18.8 Å². The highest BCUT2D eigenvalue weighted by molar-refractivity contribution is 6.06. The van der Waals surface area contributed by atoms with Crippen LogP contribution in [0, 0.1) is 5.82 Å². The average Bonchev–Trinajstić information content (AvgIpc) is 2.52. The summed E-state index contributed by atoms with van der Waals surface area (Å²) in [6, 6.07) is 4.97. The minimum atomic E-state index is -1.01. The molecule has 1 aromatic heterocycles. The zero-order valence-corrected chi connectivity index (χ0v) is 12.6. The monoisotopic (exact) mass is 334 g/mol. The molecular formula is C16H15FN2O5. The van der Waals surface area contributed by atoms with Gasteiger partial charge < -0.3 is 19.7 Å². The van der Waals surface area contributed by atoms with Crippen LogP contribution in [0.4, 0.5) is 4.39 Å². The molecule has 2 heterocycles. The Balaban J connectivity index is 1.93. The van der Waals surface area contributed by atoms with Crippen LogP contribution in [0.1, 0.15) is 16.8 Å². The lowest BCUT2D eigenvalue weighted by molar-refractivity contribution is -0.141. The number of aromatic nitrogens is 1.